The van der Waals surface area contributed by atoms with Crippen molar-refractivity contribution in [2.75, 3.05) is 19.0 Å². The quantitative estimate of drug-likeness (QED) is 0.664. The smallest absolute Gasteiger partial charge is 0.202 e. The monoisotopic (exact) mass is 152 g/mol. The maximum atomic E-state index is 11.1. The fraction of sp³-hybridized carbons (Fsp3) is 0.250. The van der Waals surface area contributed by atoms with E-state index in [0.717, 1.165) is 0 Å². The molecule has 0 aliphatic rings. The molecule has 0 atom stereocenters. The summed E-state index contributed by atoms with van der Waals surface area (Å²) in [5.41, 5.74) is 0.505. The van der Waals surface area contributed by atoms with Crippen LogP contribution in [0.1, 0.15) is 0 Å². The highest BCUT2D eigenvalue weighted by molar-refractivity contribution is 5.59. The van der Waals surface area contributed by atoms with Gasteiger partial charge in [0.1, 0.15) is 5.75 Å². The predicted octanol–water partition coefficient (Wildman–Crippen LogP) is 1.60. The Kier molecular flexibility index (Phi) is 1.89. The van der Waals surface area contributed by atoms with Gasteiger partial charge in [-0.1, -0.05) is 0 Å². The zero-order valence-electron chi connectivity index (χ0n) is 6.53. The fourth-order valence-electron chi connectivity index (χ4n) is 0.855. The normalized spacial score (nSPS) is 9.64. The molecule has 0 spiro atoms. The average molecular weight is 152 g/mol. The summed E-state index contributed by atoms with van der Waals surface area (Å²) in [6, 6.07) is 4.18. The van der Waals surface area contributed by atoms with E-state index in [2.05, 4.69) is 0 Å². The first kappa shape index (κ1) is 7.72. The van der Waals surface area contributed by atoms with Crippen LogP contribution in [0.3, 0.4) is 0 Å². The molecule has 3 heteroatoms. The van der Waals surface area contributed by atoms with Crippen LogP contribution in [0, 0.1) is 0 Å². The van der Waals surface area contributed by atoms with Crippen LogP contribution in [0.2, 0.25) is 0 Å². The summed E-state index contributed by atoms with van der Waals surface area (Å²) in [4.78, 5) is 1.67. The van der Waals surface area contributed by atoms with Crippen molar-refractivity contribution < 1.29 is 10.2 Å². The van der Waals surface area contributed by atoms with E-state index < -0.39 is 0 Å². The predicted molar refractivity (Wildman–Crippen MR) is 42.6 cm³/mol. The molecule has 0 saturated heterocycles. The molecular formula is C8H10NO2. The van der Waals surface area contributed by atoms with E-state index in [-0.39, 0.29) is 11.5 Å². The average Bonchev–Trinajstić information content (AvgIpc) is 1.94. The number of phenols is 1. The highest BCUT2D eigenvalue weighted by Gasteiger charge is 2.04. The number of hydrogen-bond donors (Lipinski definition) is 1. The van der Waals surface area contributed by atoms with Crippen LogP contribution in [0.25, 0.3) is 0 Å². The molecule has 0 aliphatic carbocycles. The Bertz CT molecular complexity index is 258. The number of nitrogens with zero attached hydrogens (tertiary/aromatic N) is 1. The largest absolute Gasteiger partial charge is 0.508 e. The van der Waals surface area contributed by atoms with Gasteiger partial charge in [-0.05, 0) is 12.1 Å². The van der Waals surface area contributed by atoms with Crippen LogP contribution in [0.4, 0.5) is 5.69 Å². The molecule has 1 aromatic rings. The summed E-state index contributed by atoms with van der Waals surface area (Å²) in [7, 11) is 3.52. The number of phenolic OH excluding ortho intramolecular Hbond substituents is 1. The van der Waals surface area contributed by atoms with Crippen LogP contribution < -0.4 is 4.90 Å². The van der Waals surface area contributed by atoms with Crippen molar-refractivity contribution in [2.24, 2.45) is 0 Å². The summed E-state index contributed by atoms with van der Waals surface area (Å²) in [6.07, 6.45) is 0. The number of aromatic hydroxyl groups is 1. The third-order valence-electron chi connectivity index (χ3n) is 1.42. The lowest BCUT2D eigenvalue weighted by atomic mass is 10.2. The molecule has 0 aliphatic heterocycles. The molecule has 1 N–H and O–H groups in total. The molecule has 0 fully saturated rings. The van der Waals surface area contributed by atoms with Crippen molar-refractivity contribution in [1.29, 1.82) is 0 Å². The minimum atomic E-state index is -0.0761. The molecule has 0 heterocycles. The lowest BCUT2D eigenvalue weighted by Crippen LogP contribution is -2.08. The van der Waals surface area contributed by atoms with Crippen molar-refractivity contribution in [2.45, 2.75) is 0 Å². The second-order valence-corrected chi connectivity index (χ2v) is 2.55. The summed E-state index contributed by atoms with van der Waals surface area (Å²) < 4.78 is 0. The minimum Gasteiger partial charge on any atom is -0.508 e. The maximum Gasteiger partial charge on any atom is 0.202 e. The summed E-state index contributed by atoms with van der Waals surface area (Å²) in [5.74, 6) is 0.0427. The molecule has 0 amide bonds. The van der Waals surface area contributed by atoms with E-state index >= 15 is 0 Å². The van der Waals surface area contributed by atoms with Crippen LogP contribution in [0.15, 0.2) is 18.2 Å². The van der Waals surface area contributed by atoms with E-state index in [9.17, 15) is 5.11 Å². The van der Waals surface area contributed by atoms with Crippen LogP contribution >= 0.6 is 0 Å². The minimum absolute atomic E-state index is 0.0761. The highest BCUT2D eigenvalue weighted by atomic mass is 16.3. The van der Waals surface area contributed by atoms with Gasteiger partial charge in [-0.2, -0.15) is 0 Å². The van der Waals surface area contributed by atoms with E-state index in [1.165, 1.54) is 18.2 Å². The lowest BCUT2D eigenvalue weighted by molar-refractivity contribution is 0.354. The fourth-order valence-corrected chi connectivity index (χ4v) is 0.855. The number of hydrogen-bond acceptors (Lipinski definition) is 2. The van der Waals surface area contributed by atoms with Crippen LogP contribution in [0.5, 0.6) is 11.5 Å². The first-order chi connectivity index (χ1) is 5.11. The van der Waals surface area contributed by atoms with Gasteiger partial charge in [-0.3, -0.25) is 5.11 Å². The van der Waals surface area contributed by atoms with Gasteiger partial charge < -0.3 is 10.0 Å². The molecule has 0 saturated carbocycles. The van der Waals surface area contributed by atoms with Crippen LogP contribution in [-0.4, -0.2) is 19.2 Å². The third-order valence-corrected chi connectivity index (χ3v) is 1.42. The Morgan fingerprint density at radius 1 is 1.36 bits per heavy atom. The Balaban J connectivity index is 3.13. The highest BCUT2D eigenvalue weighted by Crippen LogP contribution is 2.29. The van der Waals surface area contributed by atoms with E-state index in [4.69, 9.17) is 5.11 Å². The van der Waals surface area contributed by atoms with E-state index in [0.29, 0.717) is 5.69 Å². The van der Waals surface area contributed by atoms with Gasteiger partial charge >= 0.3 is 0 Å². The van der Waals surface area contributed by atoms with E-state index in [1.807, 2.05) is 0 Å². The Morgan fingerprint density at radius 3 is 2.45 bits per heavy atom. The van der Waals surface area contributed by atoms with Gasteiger partial charge in [0, 0.05) is 20.2 Å². The van der Waals surface area contributed by atoms with Crippen molar-refractivity contribution in [3.8, 4) is 11.5 Å². The van der Waals surface area contributed by atoms with Crippen molar-refractivity contribution in [3.63, 3.8) is 0 Å². The molecule has 0 aromatic heterocycles. The molecule has 1 rings (SSSR count). The summed E-state index contributed by atoms with van der Waals surface area (Å²) in [6.45, 7) is 0. The Morgan fingerprint density at radius 2 is 2.00 bits per heavy atom. The molecular weight excluding hydrogens is 142 g/mol. The number of rotatable bonds is 1. The molecule has 1 radical (unpaired) electrons. The zero-order valence-corrected chi connectivity index (χ0v) is 6.53. The van der Waals surface area contributed by atoms with Gasteiger partial charge in [-0.15, -0.1) is 0 Å². The topological polar surface area (TPSA) is 43.4 Å². The van der Waals surface area contributed by atoms with Gasteiger partial charge in [-0.25, -0.2) is 0 Å². The standard InChI is InChI=1S/C8H10NO2/c1-9(2)7-5-6(10)3-4-8(7)11/h3-5,10H,1-2H3. The SMILES string of the molecule is CN(C)c1cc(O)ccc1[O]. The molecule has 0 bridgehead atoms. The van der Waals surface area contributed by atoms with Crippen molar-refractivity contribution >= 4 is 5.69 Å². The Labute approximate surface area is 65.5 Å². The lowest BCUT2D eigenvalue weighted by Gasteiger charge is -2.12. The maximum absolute atomic E-state index is 11.1. The van der Waals surface area contributed by atoms with Crippen LogP contribution in [-0.2, 0) is 5.11 Å². The van der Waals surface area contributed by atoms with Gasteiger partial charge in [0.15, 0.2) is 0 Å². The summed E-state index contributed by atoms with van der Waals surface area (Å²) in [5, 5.41) is 20.1. The third kappa shape index (κ3) is 1.55. The summed E-state index contributed by atoms with van der Waals surface area (Å²) >= 11 is 0. The van der Waals surface area contributed by atoms with E-state index in [1.54, 1.807) is 19.0 Å². The first-order valence-electron chi connectivity index (χ1n) is 3.28. The molecule has 3 nitrogen and oxygen atoms in total. The number of anilines is 1. The Hall–Kier alpha value is -1.38. The first-order valence-corrected chi connectivity index (χ1v) is 3.28. The molecule has 11 heavy (non-hydrogen) atoms. The van der Waals surface area contributed by atoms with Gasteiger partial charge in [0.05, 0.1) is 5.69 Å². The second-order valence-electron chi connectivity index (χ2n) is 2.55. The molecule has 1 aromatic carbocycles. The molecule has 59 valence electrons. The second kappa shape index (κ2) is 2.70. The number of benzene rings is 1. The van der Waals surface area contributed by atoms with Crippen molar-refractivity contribution in [3.05, 3.63) is 18.2 Å². The molecule has 0 unspecified atom stereocenters. The van der Waals surface area contributed by atoms with Crippen molar-refractivity contribution in [1.82, 2.24) is 0 Å². The van der Waals surface area contributed by atoms with Gasteiger partial charge in [0.25, 0.3) is 0 Å². The van der Waals surface area contributed by atoms with Gasteiger partial charge in [0.2, 0.25) is 5.75 Å². The zero-order chi connectivity index (χ0) is 8.43.